The van der Waals surface area contributed by atoms with E-state index in [1.165, 1.54) is 11.3 Å². The molecule has 1 aliphatic heterocycles. The van der Waals surface area contributed by atoms with E-state index >= 15 is 0 Å². The van der Waals surface area contributed by atoms with E-state index < -0.39 is 10.2 Å². The first-order valence-electron chi connectivity index (χ1n) is 6.98. The lowest BCUT2D eigenvalue weighted by Gasteiger charge is -2.32. The first-order chi connectivity index (χ1) is 10.0. The normalized spacial score (nSPS) is 20.0. The van der Waals surface area contributed by atoms with Crippen molar-refractivity contribution in [3.63, 3.8) is 0 Å². The minimum atomic E-state index is -3.42. The number of aliphatic hydroxyl groups excluding tert-OH is 1. The zero-order valence-corrected chi connectivity index (χ0v) is 13.6. The van der Waals surface area contributed by atoms with Gasteiger partial charge < -0.3 is 5.11 Å². The molecule has 0 saturated carbocycles. The summed E-state index contributed by atoms with van der Waals surface area (Å²) in [6.07, 6.45) is 2.93. The molecular weight excluding hydrogens is 308 g/mol. The average molecular weight is 328 g/mol. The number of piperidine rings is 1. The van der Waals surface area contributed by atoms with Gasteiger partial charge in [0.05, 0.1) is 4.88 Å². The van der Waals surface area contributed by atoms with Gasteiger partial charge in [0.1, 0.15) is 6.61 Å². The number of hydrogen-bond acceptors (Lipinski definition) is 4. The van der Waals surface area contributed by atoms with Gasteiger partial charge in [-0.15, -0.1) is 11.3 Å². The number of hydrogen-bond donors (Lipinski definition) is 2. The standard InChI is InChI=1S/C14H20N2O3S2/c1-12-5-2-3-9-16(12)21(18,19)15-11-14-8-7-13(20-14)6-4-10-17/h7-8,12,15,17H,2-3,5,9-11H2,1H3. The Bertz CT molecular complexity index is 628. The summed E-state index contributed by atoms with van der Waals surface area (Å²) < 4.78 is 28.8. The Kier molecular flexibility index (Phi) is 5.79. The van der Waals surface area contributed by atoms with Gasteiger partial charge in [-0.1, -0.05) is 18.3 Å². The van der Waals surface area contributed by atoms with Crippen LogP contribution in [-0.4, -0.2) is 37.0 Å². The van der Waals surface area contributed by atoms with Crippen LogP contribution in [0.15, 0.2) is 12.1 Å². The monoisotopic (exact) mass is 328 g/mol. The largest absolute Gasteiger partial charge is 0.384 e. The Balaban J connectivity index is 1.96. The van der Waals surface area contributed by atoms with Crippen molar-refractivity contribution in [3.05, 3.63) is 21.9 Å². The van der Waals surface area contributed by atoms with E-state index in [-0.39, 0.29) is 19.2 Å². The fourth-order valence-corrected chi connectivity index (χ4v) is 4.71. The molecular formula is C14H20N2O3S2. The SMILES string of the molecule is CC1CCCCN1S(=O)(=O)NCc1ccc(C#CCO)s1. The quantitative estimate of drug-likeness (QED) is 0.819. The Morgan fingerprint density at radius 1 is 1.48 bits per heavy atom. The van der Waals surface area contributed by atoms with Crippen LogP contribution in [0.25, 0.3) is 0 Å². The number of aliphatic hydroxyl groups is 1. The van der Waals surface area contributed by atoms with E-state index in [9.17, 15) is 8.42 Å². The molecule has 0 radical (unpaired) electrons. The molecule has 0 amide bonds. The highest BCUT2D eigenvalue weighted by atomic mass is 32.2. The lowest BCUT2D eigenvalue weighted by molar-refractivity contribution is 0.265. The predicted octanol–water partition coefficient (Wildman–Crippen LogP) is 1.30. The molecule has 1 aliphatic rings. The van der Waals surface area contributed by atoms with Gasteiger partial charge in [-0.25, -0.2) is 0 Å². The summed E-state index contributed by atoms with van der Waals surface area (Å²) in [6.45, 7) is 2.64. The lowest BCUT2D eigenvalue weighted by Crippen LogP contribution is -2.47. The van der Waals surface area contributed by atoms with E-state index in [1.807, 2.05) is 19.1 Å². The van der Waals surface area contributed by atoms with Crippen molar-refractivity contribution >= 4 is 21.5 Å². The highest BCUT2D eigenvalue weighted by molar-refractivity contribution is 7.87. The minimum absolute atomic E-state index is 0.0607. The van der Waals surface area contributed by atoms with E-state index in [0.29, 0.717) is 6.54 Å². The smallest absolute Gasteiger partial charge is 0.280 e. The van der Waals surface area contributed by atoms with Gasteiger partial charge >= 0.3 is 0 Å². The van der Waals surface area contributed by atoms with Crippen molar-refractivity contribution in [1.29, 1.82) is 0 Å². The summed E-state index contributed by atoms with van der Waals surface area (Å²) in [5.41, 5.74) is 0. The first kappa shape index (κ1) is 16.5. The molecule has 0 aliphatic carbocycles. The highest BCUT2D eigenvalue weighted by Crippen LogP contribution is 2.20. The number of nitrogens with one attached hydrogen (secondary N) is 1. The van der Waals surface area contributed by atoms with Crippen LogP contribution in [0.3, 0.4) is 0 Å². The summed E-state index contributed by atoms with van der Waals surface area (Å²) >= 11 is 1.43. The van der Waals surface area contributed by atoms with Crippen molar-refractivity contribution in [2.45, 2.75) is 38.8 Å². The second kappa shape index (κ2) is 7.38. The molecule has 1 atom stereocenters. The predicted molar refractivity (Wildman–Crippen MR) is 84.1 cm³/mol. The highest BCUT2D eigenvalue weighted by Gasteiger charge is 2.29. The van der Waals surface area contributed by atoms with Crippen LogP contribution >= 0.6 is 11.3 Å². The molecule has 5 nitrogen and oxygen atoms in total. The van der Waals surface area contributed by atoms with E-state index in [4.69, 9.17) is 5.11 Å². The number of rotatable bonds is 4. The van der Waals surface area contributed by atoms with Crippen molar-refractivity contribution in [3.8, 4) is 11.8 Å². The van der Waals surface area contributed by atoms with Crippen LogP contribution in [0.4, 0.5) is 0 Å². The van der Waals surface area contributed by atoms with E-state index in [0.717, 1.165) is 29.0 Å². The van der Waals surface area contributed by atoms with Gasteiger partial charge in [0.15, 0.2) is 0 Å². The molecule has 1 aromatic heterocycles. The van der Waals surface area contributed by atoms with Gasteiger partial charge in [0.2, 0.25) is 0 Å². The van der Waals surface area contributed by atoms with Crippen LogP contribution in [0.2, 0.25) is 0 Å². The molecule has 21 heavy (non-hydrogen) atoms. The molecule has 116 valence electrons. The fourth-order valence-electron chi connectivity index (χ4n) is 2.34. The Morgan fingerprint density at radius 3 is 3.00 bits per heavy atom. The molecule has 2 rings (SSSR count). The zero-order valence-electron chi connectivity index (χ0n) is 12.0. The zero-order chi connectivity index (χ0) is 15.3. The maximum Gasteiger partial charge on any atom is 0.280 e. The number of nitrogens with zero attached hydrogens (tertiary/aromatic N) is 1. The fraction of sp³-hybridized carbons (Fsp3) is 0.571. The Hall–Kier alpha value is -0.910. The molecule has 2 heterocycles. The summed E-state index contributed by atoms with van der Waals surface area (Å²) in [4.78, 5) is 1.73. The molecule has 0 spiro atoms. The third-order valence-electron chi connectivity index (χ3n) is 3.43. The Labute approximate surface area is 130 Å². The van der Waals surface area contributed by atoms with Crippen molar-refractivity contribution in [1.82, 2.24) is 9.03 Å². The molecule has 0 bridgehead atoms. The molecule has 1 aromatic rings. The van der Waals surface area contributed by atoms with Crippen molar-refractivity contribution < 1.29 is 13.5 Å². The summed E-state index contributed by atoms with van der Waals surface area (Å²) in [7, 11) is -3.42. The van der Waals surface area contributed by atoms with Gasteiger partial charge in [0.25, 0.3) is 10.2 Å². The molecule has 7 heteroatoms. The van der Waals surface area contributed by atoms with E-state index in [2.05, 4.69) is 16.6 Å². The third-order valence-corrected chi connectivity index (χ3v) is 6.10. The average Bonchev–Trinajstić information content (AvgIpc) is 2.91. The van der Waals surface area contributed by atoms with Gasteiger partial charge in [-0.3, -0.25) is 0 Å². The van der Waals surface area contributed by atoms with Crippen LogP contribution in [0, 0.1) is 11.8 Å². The van der Waals surface area contributed by atoms with Crippen molar-refractivity contribution in [2.75, 3.05) is 13.2 Å². The van der Waals surface area contributed by atoms with Gasteiger partial charge in [-0.05, 0) is 31.9 Å². The van der Waals surface area contributed by atoms with Crippen LogP contribution < -0.4 is 4.72 Å². The maximum absolute atomic E-state index is 12.3. The van der Waals surface area contributed by atoms with Crippen molar-refractivity contribution in [2.24, 2.45) is 0 Å². The Morgan fingerprint density at radius 2 is 2.29 bits per heavy atom. The molecule has 0 aromatic carbocycles. The second-order valence-corrected chi connectivity index (χ2v) is 7.88. The lowest BCUT2D eigenvalue weighted by atomic mass is 10.1. The molecule has 1 unspecified atom stereocenters. The molecule has 2 N–H and O–H groups in total. The second-order valence-electron chi connectivity index (χ2n) is 5.01. The maximum atomic E-state index is 12.3. The summed E-state index contributed by atoms with van der Waals surface area (Å²) in [6, 6.07) is 3.75. The van der Waals surface area contributed by atoms with Gasteiger partial charge in [0, 0.05) is 24.0 Å². The van der Waals surface area contributed by atoms with E-state index in [1.54, 1.807) is 4.31 Å². The third kappa shape index (κ3) is 4.53. The summed E-state index contributed by atoms with van der Waals surface area (Å²) in [5, 5.41) is 8.65. The summed E-state index contributed by atoms with van der Waals surface area (Å²) in [5.74, 6) is 5.39. The minimum Gasteiger partial charge on any atom is -0.384 e. The van der Waals surface area contributed by atoms with Crippen LogP contribution in [0.5, 0.6) is 0 Å². The van der Waals surface area contributed by atoms with Gasteiger partial charge in [-0.2, -0.15) is 17.4 Å². The molecule has 1 saturated heterocycles. The topological polar surface area (TPSA) is 69.6 Å². The first-order valence-corrected chi connectivity index (χ1v) is 9.23. The number of thiophene rings is 1. The van der Waals surface area contributed by atoms with Crippen LogP contribution in [-0.2, 0) is 16.8 Å². The van der Waals surface area contributed by atoms with Crippen LogP contribution in [0.1, 0.15) is 35.9 Å². The molecule has 1 fully saturated rings.